The number of hydrogen-bond acceptors (Lipinski definition) is 8. The molecule has 0 unspecified atom stereocenters. The Hall–Kier alpha value is -4.96. The summed E-state index contributed by atoms with van der Waals surface area (Å²) in [5.41, 5.74) is 1.54. The summed E-state index contributed by atoms with van der Waals surface area (Å²) in [4.78, 5) is 30.2. The van der Waals surface area contributed by atoms with Crippen LogP contribution < -0.4 is 19.7 Å². The lowest BCUT2D eigenvalue weighted by Gasteiger charge is -2.35. The number of nitrogens with one attached hydrogen (secondary N) is 1. The number of fused-ring (bicyclic) bond motifs is 2. The van der Waals surface area contributed by atoms with Crippen molar-refractivity contribution < 1.29 is 19.0 Å². The second kappa shape index (κ2) is 12.7. The van der Waals surface area contributed by atoms with Crippen LogP contribution in [0.15, 0.2) is 85.5 Å². The number of hydrogen-bond donors (Lipinski definition) is 1. The van der Waals surface area contributed by atoms with Gasteiger partial charge < -0.3 is 29.3 Å². The van der Waals surface area contributed by atoms with E-state index < -0.39 is 0 Å². The fraction of sp³-hybridized carbons (Fsp3) is 0.250. The molecule has 6 rings (SSSR count). The Bertz CT molecular complexity index is 1670. The van der Waals surface area contributed by atoms with Crippen LogP contribution in [0.1, 0.15) is 6.42 Å². The zero-order valence-corrected chi connectivity index (χ0v) is 23.4. The molecule has 2 amide bonds. The molecule has 214 valence electrons. The fourth-order valence-electron chi connectivity index (χ4n) is 5.00. The van der Waals surface area contributed by atoms with E-state index >= 15 is 0 Å². The first-order valence-electron chi connectivity index (χ1n) is 14.0. The summed E-state index contributed by atoms with van der Waals surface area (Å²) in [6.45, 7) is 3.74. The molecule has 0 aliphatic carbocycles. The average molecular weight is 565 g/mol. The van der Waals surface area contributed by atoms with Gasteiger partial charge in [0.15, 0.2) is 0 Å². The molecule has 1 saturated heterocycles. The van der Waals surface area contributed by atoms with Crippen LogP contribution in [-0.4, -0.2) is 72.4 Å². The first kappa shape index (κ1) is 27.2. The number of rotatable bonds is 9. The number of aromatic nitrogens is 3. The molecule has 1 aliphatic rings. The summed E-state index contributed by atoms with van der Waals surface area (Å²) >= 11 is 0. The molecule has 0 saturated carbocycles. The minimum Gasteiger partial charge on any atom is -0.493 e. The first-order valence-corrected chi connectivity index (χ1v) is 14.0. The monoisotopic (exact) mass is 564 g/mol. The fourth-order valence-corrected chi connectivity index (χ4v) is 5.00. The maximum Gasteiger partial charge on any atom is 0.321 e. The van der Waals surface area contributed by atoms with E-state index in [1.54, 1.807) is 19.6 Å². The molecule has 0 atom stereocenters. The Labute approximate surface area is 243 Å². The number of amides is 2. The van der Waals surface area contributed by atoms with Crippen molar-refractivity contribution in [3.8, 4) is 17.2 Å². The molecule has 1 fully saturated rings. The van der Waals surface area contributed by atoms with E-state index in [1.807, 2.05) is 77.8 Å². The van der Waals surface area contributed by atoms with Gasteiger partial charge >= 0.3 is 6.03 Å². The third kappa shape index (κ3) is 6.18. The Morgan fingerprint density at radius 1 is 0.905 bits per heavy atom. The molecule has 3 heterocycles. The van der Waals surface area contributed by atoms with Crippen LogP contribution in [0, 0.1) is 0 Å². The van der Waals surface area contributed by atoms with Crippen LogP contribution in [0.2, 0.25) is 0 Å². The van der Waals surface area contributed by atoms with E-state index in [4.69, 9.17) is 14.2 Å². The lowest BCUT2D eigenvalue weighted by Crippen LogP contribution is -2.50. The standard InChI is InChI=1S/C32H32N6O4/c1-40-18-3-19-41-26-10-11-28-29(20-26)34-22-35-31(28)37-14-16-38(17-15-37)32(39)36-24-6-8-25(9-7-24)42-30-5-2-4-23-21-33-13-12-27(23)30/h2,4-13,20-22H,3,14-19H2,1H3,(H,36,39). The number of nitrogens with zero attached hydrogens (tertiary/aromatic N) is 5. The predicted octanol–water partition coefficient (Wildman–Crippen LogP) is 5.74. The van der Waals surface area contributed by atoms with Crippen molar-refractivity contribution in [2.24, 2.45) is 0 Å². The van der Waals surface area contributed by atoms with Crippen molar-refractivity contribution in [3.63, 3.8) is 0 Å². The molecular weight excluding hydrogens is 532 g/mol. The van der Waals surface area contributed by atoms with Gasteiger partial charge in [-0.25, -0.2) is 14.8 Å². The van der Waals surface area contributed by atoms with Gasteiger partial charge in [-0.05, 0) is 48.5 Å². The zero-order chi connectivity index (χ0) is 28.7. The Kier molecular flexibility index (Phi) is 8.23. The molecule has 42 heavy (non-hydrogen) atoms. The minimum atomic E-state index is -0.132. The number of benzene rings is 3. The smallest absolute Gasteiger partial charge is 0.321 e. The van der Waals surface area contributed by atoms with Crippen molar-refractivity contribution in [1.82, 2.24) is 19.9 Å². The molecule has 10 nitrogen and oxygen atoms in total. The van der Waals surface area contributed by atoms with Gasteiger partial charge in [0.2, 0.25) is 0 Å². The largest absolute Gasteiger partial charge is 0.493 e. The van der Waals surface area contributed by atoms with Gasteiger partial charge in [0.1, 0.15) is 29.4 Å². The van der Waals surface area contributed by atoms with E-state index in [-0.39, 0.29) is 6.03 Å². The van der Waals surface area contributed by atoms with Gasteiger partial charge in [0.25, 0.3) is 0 Å². The van der Waals surface area contributed by atoms with Crippen LogP contribution in [-0.2, 0) is 4.74 Å². The number of carbonyl (C=O) groups is 1. The molecule has 0 spiro atoms. The van der Waals surface area contributed by atoms with Gasteiger partial charge in [0.05, 0.1) is 12.1 Å². The Morgan fingerprint density at radius 3 is 2.57 bits per heavy atom. The molecular formula is C32H32N6O4. The van der Waals surface area contributed by atoms with E-state index in [0.29, 0.717) is 50.8 Å². The van der Waals surface area contributed by atoms with Gasteiger partial charge in [0, 0.05) is 86.6 Å². The molecule has 0 radical (unpaired) electrons. The summed E-state index contributed by atoms with van der Waals surface area (Å²) < 4.78 is 17.0. The Morgan fingerprint density at radius 2 is 1.74 bits per heavy atom. The lowest BCUT2D eigenvalue weighted by atomic mass is 10.1. The highest BCUT2D eigenvalue weighted by Crippen LogP contribution is 2.30. The molecule has 3 aromatic carbocycles. The van der Waals surface area contributed by atoms with Crippen LogP contribution in [0.5, 0.6) is 17.2 Å². The predicted molar refractivity (Wildman–Crippen MR) is 163 cm³/mol. The van der Waals surface area contributed by atoms with Crippen LogP contribution in [0.25, 0.3) is 21.7 Å². The molecule has 5 aromatic rings. The maximum absolute atomic E-state index is 13.0. The molecule has 1 N–H and O–H groups in total. The number of carbonyl (C=O) groups excluding carboxylic acids is 1. The number of methoxy groups -OCH3 is 1. The third-order valence-electron chi connectivity index (χ3n) is 7.19. The van der Waals surface area contributed by atoms with Gasteiger partial charge in [-0.1, -0.05) is 12.1 Å². The summed E-state index contributed by atoms with van der Waals surface area (Å²) in [6, 6.07) is 21.0. The molecule has 10 heteroatoms. The SMILES string of the molecule is COCCCOc1ccc2c(N3CCN(C(=O)Nc4ccc(Oc5cccc6cnccc56)cc4)CC3)ncnc2c1. The summed E-state index contributed by atoms with van der Waals surface area (Å²) in [5.74, 6) is 3.08. The van der Waals surface area contributed by atoms with Crippen molar-refractivity contribution >= 4 is 39.2 Å². The summed E-state index contributed by atoms with van der Waals surface area (Å²) in [7, 11) is 1.68. The molecule has 1 aliphatic heterocycles. The van der Waals surface area contributed by atoms with Crippen molar-refractivity contribution in [2.75, 3.05) is 56.7 Å². The van der Waals surface area contributed by atoms with E-state index in [0.717, 1.165) is 45.4 Å². The van der Waals surface area contributed by atoms with Crippen LogP contribution in [0.3, 0.4) is 0 Å². The Balaban J connectivity index is 1.04. The quantitative estimate of drug-likeness (QED) is 0.226. The number of ether oxygens (including phenoxy) is 3. The number of piperazine rings is 1. The number of urea groups is 1. The van der Waals surface area contributed by atoms with Gasteiger partial charge in [-0.2, -0.15) is 0 Å². The highest BCUT2D eigenvalue weighted by Gasteiger charge is 2.23. The van der Waals surface area contributed by atoms with E-state index in [9.17, 15) is 4.79 Å². The first-order chi connectivity index (χ1) is 20.7. The molecule has 2 aromatic heterocycles. The lowest BCUT2D eigenvalue weighted by molar-refractivity contribution is 0.172. The van der Waals surface area contributed by atoms with Crippen molar-refractivity contribution in [1.29, 1.82) is 0 Å². The third-order valence-corrected chi connectivity index (χ3v) is 7.19. The summed E-state index contributed by atoms with van der Waals surface area (Å²) in [5, 5.41) is 5.97. The van der Waals surface area contributed by atoms with E-state index in [1.165, 1.54) is 0 Å². The van der Waals surface area contributed by atoms with Gasteiger partial charge in [-0.3, -0.25) is 4.98 Å². The van der Waals surface area contributed by atoms with Crippen molar-refractivity contribution in [3.05, 3.63) is 85.5 Å². The van der Waals surface area contributed by atoms with Crippen LogP contribution >= 0.6 is 0 Å². The topological polar surface area (TPSA) is 102 Å². The zero-order valence-electron chi connectivity index (χ0n) is 23.4. The van der Waals surface area contributed by atoms with Gasteiger partial charge in [-0.15, -0.1) is 0 Å². The van der Waals surface area contributed by atoms with E-state index in [2.05, 4.69) is 25.2 Å². The minimum absolute atomic E-state index is 0.132. The number of anilines is 2. The normalized spacial score (nSPS) is 13.4. The highest BCUT2D eigenvalue weighted by atomic mass is 16.5. The maximum atomic E-state index is 13.0. The molecule has 0 bridgehead atoms. The second-order valence-corrected chi connectivity index (χ2v) is 9.95. The van der Waals surface area contributed by atoms with Crippen molar-refractivity contribution in [2.45, 2.75) is 6.42 Å². The average Bonchev–Trinajstić information content (AvgIpc) is 3.04. The highest BCUT2D eigenvalue weighted by molar-refractivity contribution is 5.92. The summed E-state index contributed by atoms with van der Waals surface area (Å²) in [6.07, 6.45) is 5.97. The number of pyridine rings is 1. The second-order valence-electron chi connectivity index (χ2n) is 9.95. The van der Waals surface area contributed by atoms with Crippen LogP contribution in [0.4, 0.5) is 16.3 Å².